The molecular weight excluding hydrogens is 331 g/mol. The number of aryl methyl sites for hydroxylation is 1. The maximum atomic E-state index is 13.1. The second-order valence-corrected chi connectivity index (χ2v) is 5.93. The molecule has 0 saturated carbocycles. The van der Waals surface area contributed by atoms with Crippen molar-refractivity contribution < 1.29 is 9.18 Å². The molecule has 2 N–H and O–H groups in total. The van der Waals surface area contributed by atoms with Crippen molar-refractivity contribution in [1.29, 1.82) is 0 Å². The number of amides is 1. The Kier molecular flexibility index (Phi) is 5.96. The van der Waals surface area contributed by atoms with Crippen LogP contribution in [0.15, 0.2) is 24.3 Å². The number of hydrogen-bond donors (Lipinski definition) is 2. The normalized spacial score (nSPS) is 15.0. The van der Waals surface area contributed by atoms with Crippen LogP contribution in [0.1, 0.15) is 34.6 Å². The van der Waals surface area contributed by atoms with Crippen LogP contribution in [-0.2, 0) is 0 Å². The van der Waals surface area contributed by atoms with Crippen LogP contribution in [0.4, 0.5) is 4.39 Å². The summed E-state index contributed by atoms with van der Waals surface area (Å²) in [7, 11) is 0. The van der Waals surface area contributed by atoms with Gasteiger partial charge in [0.05, 0.1) is 22.6 Å². The minimum atomic E-state index is -0.292. The highest BCUT2D eigenvalue weighted by atomic mass is 35.5. The van der Waals surface area contributed by atoms with Gasteiger partial charge in [0.15, 0.2) is 0 Å². The summed E-state index contributed by atoms with van der Waals surface area (Å²) in [6.07, 6.45) is 1.88. The van der Waals surface area contributed by atoms with E-state index in [0.29, 0.717) is 11.3 Å². The van der Waals surface area contributed by atoms with Gasteiger partial charge in [-0.05, 0) is 64.0 Å². The lowest BCUT2D eigenvalue weighted by molar-refractivity contribution is 0.0928. The quantitative estimate of drug-likeness (QED) is 0.892. The predicted molar refractivity (Wildman–Crippen MR) is 93.6 cm³/mol. The Labute approximate surface area is 147 Å². The van der Waals surface area contributed by atoms with E-state index in [1.54, 1.807) is 16.8 Å². The fourth-order valence-corrected chi connectivity index (χ4v) is 3.03. The summed E-state index contributed by atoms with van der Waals surface area (Å²) in [4.78, 5) is 12.6. The molecule has 0 atom stereocenters. The van der Waals surface area contributed by atoms with Crippen LogP contribution in [0.3, 0.4) is 0 Å². The number of halogens is 2. The van der Waals surface area contributed by atoms with E-state index in [-0.39, 0.29) is 30.2 Å². The third-order valence-corrected chi connectivity index (χ3v) is 4.26. The van der Waals surface area contributed by atoms with E-state index >= 15 is 0 Å². The van der Waals surface area contributed by atoms with E-state index in [1.807, 2.05) is 13.8 Å². The smallest absolute Gasteiger partial charge is 0.255 e. The monoisotopic (exact) mass is 352 g/mol. The number of benzene rings is 1. The number of nitrogens with one attached hydrogen (secondary N) is 2. The number of aromatic nitrogens is 2. The van der Waals surface area contributed by atoms with E-state index in [1.165, 1.54) is 12.1 Å². The number of piperidine rings is 1. The molecule has 1 aromatic carbocycles. The summed E-state index contributed by atoms with van der Waals surface area (Å²) < 4.78 is 14.8. The van der Waals surface area contributed by atoms with Gasteiger partial charge in [0.2, 0.25) is 0 Å². The molecule has 0 unspecified atom stereocenters. The molecule has 130 valence electrons. The van der Waals surface area contributed by atoms with E-state index in [9.17, 15) is 9.18 Å². The molecule has 0 aliphatic carbocycles. The van der Waals surface area contributed by atoms with E-state index in [0.717, 1.165) is 37.3 Å². The second kappa shape index (κ2) is 7.77. The van der Waals surface area contributed by atoms with Gasteiger partial charge >= 0.3 is 0 Å². The van der Waals surface area contributed by atoms with Crippen molar-refractivity contribution in [3.05, 3.63) is 47.0 Å². The molecule has 1 aromatic heterocycles. The van der Waals surface area contributed by atoms with Gasteiger partial charge in [-0.2, -0.15) is 5.10 Å². The summed E-state index contributed by atoms with van der Waals surface area (Å²) >= 11 is 0. The zero-order valence-electron chi connectivity index (χ0n) is 13.8. The average molecular weight is 353 g/mol. The Balaban J connectivity index is 0.00000208. The highest BCUT2D eigenvalue weighted by molar-refractivity contribution is 5.96. The minimum Gasteiger partial charge on any atom is -0.349 e. The molecule has 0 radical (unpaired) electrons. The van der Waals surface area contributed by atoms with Gasteiger partial charge in [-0.15, -0.1) is 12.4 Å². The highest BCUT2D eigenvalue weighted by Crippen LogP contribution is 2.19. The third kappa shape index (κ3) is 3.76. The number of hydrogen-bond acceptors (Lipinski definition) is 3. The molecule has 1 fully saturated rings. The molecular formula is C17H22ClFN4O. The van der Waals surface area contributed by atoms with E-state index in [2.05, 4.69) is 15.7 Å². The topological polar surface area (TPSA) is 59.0 Å². The SMILES string of the molecule is Cc1nn(-c2ccc(F)cc2)c(C)c1C(=O)NC1CCNCC1.Cl. The lowest BCUT2D eigenvalue weighted by Gasteiger charge is -2.23. The van der Waals surface area contributed by atoms with Crippen molar-refractivity contribution in [2.24, 2.45) is 0 Å². The van der Waals surface area contributed by atoms with Crippen molar-refractivity contribution in [3.8, 4) is 5.69 Å². The zero-order chi connectivity index (χ0) is 16.4. The lowest BCUT2D eigenvalue weighted by atomic mass is 10.1. The number of carbonyl (C=O) groups is 1. The van der Waals surface area contributed by atoms with Gasteiger partial charge in [-0.3, -0.25) is 4.79 Å². The average Bonchev–Trinajstić information content (AvgIpc) is 2.84. The second-order valence-electron chi connectivity index (χ2n) is 5.93. The summed E-state index contributed by atoms with van der Waals surface area (Å²) in [5.41, 5.74) is 2.79. The predicted octanol–water partition coefficient (Wildman–Crippen LogP) is 2.53. The molecule has 24 heavy (non-hydrogen) atoms. The third-order valence-electron chi connectivity index (χ3n) is 4.26. The van der Waals surface area contributed by atoms with Crippen molar-refractivity contribution in [2.45, 2.75) is 32.7 Å². The van der Waals surface area contributed by atoms with Crippen LogP contribution in [0.5, 0.6) is 0 Å². The van der Waals surface area contributed by atoms with Crippen molar-refractivity contribution in [3.63, 3.8) is 0 Å². The van der Waals surface area contributed by atoms with Crippen LogP contribution < -0.4 is 10.6 Å². The maximum Gasteiger partial charge on any atom is 0.255 e. The molecule has 1 aliphatic heterocycles. The summed E-state index contributed by atoms with van der Waals surface area (Å²) in [5, 5.41) is 10.8. The number of nitrogens with zero attached hydrogens (tertiary/aromatic N) is 2. The zero-order valence-corrected chi connectivity index (χ0v) is 14.6. The molecule has 0 spiro atoms. The Hall–Kier alpha value is -1.92. The van der Waals surface area contributed by atoms with Crippen LogP contribution in [-0.4, -0.2) is 34.8 Å². The first-order chi connectivity index (χ1) is 11.1. The van der Waals surface area contributed by atoms with E-state index in [4.69, 9.17) is 0 Å². The van der Waals surface area contributed by atoms with Gasteiger partial charge < -0.3 is 10.6 Å². The minimum absolute atomic E-state index is 0. The molecule has 2 aromatic rings. The van der Waals surface area contributed by atoms with E-state index < -0.39 is 0 Å². The fourth-order valence-electron chi connectivity index (χ4n) is 3.03. The molecule has 2 heterocycles. The molecule has 1 amide bonds. The van der Waals surface area contributed by atoms with Gasteiger partial charge in [0, 0.05) is 6.04 Å². The van der Waals surface area contributed by atoms with Crippen LogP contribution in [0.25, 0.3) is 5.69 Å². The van der Waals surface area contributed by atoms with Gasteiger partial charge in [-0.25, -0.2) is 9.07 Å². The Morgan fingerprint density at radius 2 is 1.88 bits per heavy atom. The molecule has 1 saturated heterocycles. The first-order valence-corrected chi connectivity index (χ1v) is 7.90. The number of carbonyl (C=O) groups excluding carboxylic acids is 1. The largest absolute Gasteiger partial charge is 0.349 e. The standard InChI is InChI=1S/C17H21FN4O.ClH/c1-11-16(17(23)20-14-7-9-19-10-8-14)12(2)22(21-11)15-5-3-13(18)4-6-15;/h3-6,14,19H,7-10H2,1-2H3,(H,20,23);1H. The first-order valence-electron chi connectivity index (χ1n) is 7.90. The summed E-state index contributed by atoms with van der Waals surface area (Å²) in [6, 6.07) is 6.30. The van der Waals surface area contributed by atoms with Crippen LogP contribution in [0.2, 0.25) is 0 Å². The molecule has 5 nitrogen and oxygen atoms in total. The van der Waals surface area contributed by atoms with Crippen molar-refractivity contribution in [2.75, 3.05) is 13.1 Å². The highest BCUT2D eigenvalue weighted by Gasteiger charge is 2.22. The molecule has 7 heteroatoms. The Morgan fingerprint density at radius 1 is 1.25 bits per heavy atom. The molecule has 0 bridgehead atoms. The van der Waals surface area contributed by atoms with Crippen LogP contribution in [0, 0.1) is 19.7 Å². The molecule has 3 rings (SSSR count). The van der Waals surface area contributed by atoms with Gasteiger partial charge in [-0.1, -0.05) is 0 Å². The van der Waals surface area contributed by atoms with Crippen LogP contribution >= 0.6 is 12.4 Å². The lowest BCUT2D eigenvalue weighted by Crippen LogP contribution is -2.43. The Morgan fingerprint density at radius 3 is 2.50 bits per heavy atom. The number of rotatable bonds is 3. The van der Waals surface area contributed by atoms with Gasteiger partial charge in [0.25, 0.3) is 5.91 Å². The van der Waals surface area contributed by atoms with Crippen molar-refractivity contribution >= 4 is 18.3 Å². The van der Waals surface area contributed by atoms with Crippen molar-refractivity contribution in [1.82, 2.24) is 20.4 Å². The Bertz CT molecular complexity index is 708. The van der Waals surface area contributed by atoms with Gasteiger partial charge in [0.1, 0.15) is 5.82 Å². The molecule has 1 aliphatic rings. The maximum absolute atomic E-state index is 13.1. The summed E-state index contributed by atoms with van der Waals surface area (Å²) in [5.74, 6) is -0.376. The first kappa shape index (κ1) is 18.4. The summed E-state index contributed by atoms with van der Waals surface area (Å²) in [6.45, 7) is 5.54. The fraction of sp³-hybridized carbons (Fsp3) is 0.412.